The second-order valence-corrected chi connectivity index (χ2v) is 10.5. The number of nitrogens with one attached hydrogen (secondary N) is 1. The third-order valence-electron chi connectivity index (χ3n) is 4.09. The molecule has 0 aliphatic rings. The Morgan fingerprint density at radius 1 is 1.21 bits per heavy atom. The van der Waals surface area contributed by atoms with E-state index < -0.39 is 10.0 Å². The van der Waals surface area contributed by atoms with E-state index in [-0.39, 0.29) is 9.77 Å². The first-order valence-corrected chi connectivity index (χ1v) is 12.7. The Hall–Kier alpha value is -1.32. The van der Waals surface area contributed by atoms with Gasteiger partial charge in [0, 0.05) is 29.6 Å². The lowest BCUT2D eigenvalue weighted by molar-refractivity contribution is 0.584. The van der Waals surface area contributed by atoms with Crippen molar-refractivity contribution in [2.45, 2.75) is 30.5 Å². The van der Waals surface area contributed by atoms with Crippen LogP contribution in [0.15, 0.2) is 52.2 Å². The molecule has 3 rings (SSSR count). The van der Waals surface area contributed by atoms with Gasteiger partial charge in [-0.1, -0.05) is 42.0 Å². The highest BCUT2D eigenvalue weighted by Crippen LogP contribution is 2.22. The van der Waals surface area contributed by atoms with E-state index in [0.29, 0.717) is 28.6 Å². The molecule has 3 aromatic rings. The zero-order valence-electron chi connectivity index (χ0n) is 15.4. The summed E-state index contributed by atoms with van der Waals surface area (Å²) in [6.07, 6.45) is 0.847. The lowest BCUT2D eigenvalue weighted by Gasteiger charge is -2.08. The minimum atomic E-state index is -3.61. The summed E-state index contributed by atoms with van der Waals surface area (Å²) in [5, 5.41) is 0.698. The second-order valence-electron chi connectivity index (χ2n) is 6.23. The minimum Gasteiger partial charge on any atom is -0.299 e. The van der Waals surface area contributed by atoms with Crippen molar-refractivity contribution in [2.75, 3.05) is 12.3 Å². The van der Waals surface area contributed by atoms with E-state index in [1.54, 1.807) is 34.5 Å². The summed E-state index contributed by atoms with van der Waals surface area (Å²) in [7, 11) is -3.61. The molecule has 0 spiro atoms. The van der Waals surface area contributed by atoms with Crippen LogP contribution in [0.5, 0.6) is 0 Å². The van der Waals surface area contributed by atoms with Gasteiger partial charge in [-0.2, -0.15) is 11.8 Å². The largest absolute Gasteiger partial charge is 0.308 e. The number of thiazole rings is 1. The van der Waals surface area contributed by atoms with Crippen LogP contribution in [0.1, 0.15) is 18.9 Å². The maximum Gasteiger partial charge on any atom is 0.308 e. The molecule has 1 N–H and O–H groups in total. The maximum absolute atomic E-state index is 12.6. The van der Waals surface area contributed by atoms with Gasteiger partial charge in [0.05, 0.1) is 15.1 Å². The number of rotatable bonds is 9. The molecule has 0 radical (unpaired) electrons. The molecule has 28 heavy (non-hydrogen) atoms. The highest BCUT2D eigenvalue weighted by Gasteiger charge is 2.16. The second kappa shape index (κ2) is 9.45. The van der Waals surface area contributed by atoms with Gasteiger partial charge >= 0.3 is 4.87 Å². The van der Waals surface area contributed by atoms with Gasteiger partial charge in [0.1, 0.15) is 0 Å². The van der Waals surface area contributed by atoms with Gasteiger partial charge in [-0.15, -0.1) is 0 Å². The predicted octanol–water partition coefficient (Wildman–Crippen LogP) is 4.34. The normalized spacial score (nSPS) is 11.9. The fourth-order valence-corrected chi connectivity index (χ4v) is 6.03. The molecule has 0 amide bonds. The molecule has 0 saturated heterocycles. The highest BCUT2D eigenvalue weighted by atomic mass is 35.5. The van der Waals surface area contributed by atoms with Gasteiger partial charge in [0.15, 0.2) is 0 Å². The Kier molecular flexibility index (Phi) is 7.22. The monoisotopic (exact) mass is 456 g/mol. The number of hydrogen-bond donors (Lipinski definition) is 1. The Labute approximate surface area is 177 Å². The smallest absolute Gasteiger partial charge is 0.299 e. The number of aryl methyl sites for hydroxylation is 1. The van der Waals surface area contributed by atoms with Crippen molar-refractivity contribution in [3.8, 4) is 0 Å². The molecule has 0 fully saturated rings. The van der Waals surface area contributed by atoms with Gasteiger partial charge in [-0.3, -0.25) is 9.36 Å². The fourth-order valence-electron chi connectivity index (χ4n) is 2.80. The van der Waals surface area contributed by atoms with Crippen molar-refractivity contribution >= 4 is 54.9 Å². The standard InChI is InChI=1S/C19H21ClN2O3S3/c1-2-9-22-17-7-6-16(12-18(17)27-19(22)23)28(24,25)21-8-10-26-13-14-4-3-5-15(20)11-14/h3-7,11-12,21H,2,8-10,13H2,1H3. The summed E-state index contributed by atoms with van der Waals surface area (Å²) in [6.45, 7) is 2.97. The number of aromatic nitrogens is 1. The number of hydrogen-bond acceptors (Lipinski definition) is 5. The van der Waals surface area contributed by atoms with E-state index in [9.17, 15) is 13.2 Å². The SMILES string of the molecule is CCCn1c(=O)sc2cc(S(=O)(=O)NCCSCc3cccc(Cl)c3)ccc21. The maximum atomic E-state index is 12.6. The van der Waals surface area contributed by atoms with Crippen LogP contribution in [0.25, 0.3) is 10.2 Å². The van der Waals surface area contributed by atoms with Crippen LogP contribution in [0.4, 0.5) is 0 Å². The predicted molar refractivity (Wildman–Crippen MR) is 119 cm³/mol. The Bertz CT molecular complexity index is 1120. The lowest BCUT2D eigenvalue weighted by atomic mass is 10.2. The third-order valence-corrected chi connectivity index (χ3v) is 7.76. The molecule has 0 unspecified atom stereocenters. The molecule has 1 aromatic heterocycles. The summed E-state index contributed by atoms with van der Waals surface area (Å²) >= 11 is 8.68. The zero-order valence-corrected chi connectivity index (χ0v) is 18.6. The van der Waals surface area contributed by atoms with Gasteiger partial charge in [0.25, 0.3) is 0 Å². The quantitative estimate of drug-likeness (QED) is 0.486. The Balaban J connectivity index is 1.60. The van der Waals surface area contributed by atoms with Gasteiger partial charge in [0.2, 0.25) is 10.0 Å². The number of sulfonamides is 1. The van der Waals surface area contributed by atoms with Crippen molar-refractivity contribution < 1.29 is 8.42 Å². The molecule has 0 atom stereocenters. The van der Waals surface area contributed by atoms with Crippen molar-refractivity contribution in [1.29, 1.82) is 0 Å². The van der Waals surface area contributed by atoms with Crippen LogP contribution in [0.3, 0.4) is 0 Å². The molecule has 2 aromatic carbocycles. The Morgan fingerprint density at radius 2 is 2.04 bits per heavy atom. The molecule has 0 saturated carbocycles. The van der Waals surface area contributed by atoms with Crippen LogP contribution in [0, 0.1) is 0 Å². The average molecular weight is 457 g/mol. The summed E-state index contributed by atoms with van der Waals surface area (Å²) in [5.74, 6) is 1.42. The summed E-state index contributed by atoms with van der Waals surface area (Å²) in [5.41, 5.74) is 1.89. The summed E-state index contributed by atoms with van der Waals surface area (Å²) < 4.78 is 30.1. The zero-order chi connectivity index (χ0) is 20.1. The van der Waals surface area contributed by atoms with E-state index in [1.165, 1.54) is 0 Å². The number of halogens is 1. The molecule has 0 aliphatic carbocycles. The van der Waals surface area contributed by atoms with E-state index >= 15 is 0 Å². The summed E-state index contributed by atoms with van der Waals surface area (Å²) in [4.78, 5) is 12.2. The van der Waals surface area contributed by atoms with Crippen molar-refractivity contribution in [2.24, 2.45) is 0 Å². The van der Waals surface area contributed by atoms with E-state index in [0.717, 1.165) is 34.6 Å². The minimum absolute atomic E-state index is 0.0585. The number of fused-ring (bicyclic) bond motifs is 1. The first-order chi connectivity index (χ1) is 13.4. The Morgan fingerprint density at radius 3 is 2.79 bits per heavy atom. The molecular formula is C19H21ClN2O3S3. The lowest BCUT2D eigenvalue weighted by Crippen LogP contribution is -2.26. The fraction of sp³-hybridized carbons (Fsp3) is 0.316. The molecule has 9 heteroatoms. The van der Waals surface area contributed by atoms with Crippen LogP contribution >= 0.6 is 34.7 Å². The molecule has 0 bridgehead atoms. The molecule has 0 aliphatic heterocycles. The average Bonchev–Trinajstić information content (AvgIpc) is 2.96. The van der Waals surface area contributed by atoms with Gasteiger partial charge in [-0.25, -0.2) is 13.1 Å². The molecule has 5 nitrogen and oxygen atoms in total. The number of thioether (sulfide) groups is 1. The van der Waals surface area contributed by atoms with Crippen molar-refractivity contribution in [1.82, 2.24) is 9.29 Å². The highest BCUT2D eigenvalue weighted by molar-refractivity contribution is 7.98. The molecule has 150 valence electrons. The van der Waals surface area contributed by atoms with E-state index in [4.69, 9.17) is 11.6 Å². The van der Waals surface area contributed by atoms with Gasteiger partial charge in [-0.05, 0) is 42.3 Å². The summed E-state index contributed by atoms with van der Waals surface area (Å²) in [6, 6.07) is 12.5. The van der Waals surface area contributed by atoms with E-state index in [2.05, 4.69) is 4.72 Å². The first kappa shape index (κ1) is 21.4. The number of benzene rings is 2. The van der Waals surface area contributed by atoms with Crippen molar-refractivity contribution in [3.05, 3.63) is 62.7 Å². The first-order valence-electron chi connectivity index (χ1n) is 8.86. The molecule has 1 heterocycles. The topological polar surface area (TPSA) is 68.2 Å². The molecular weight excluding hydrogens is 436 g/mol. The van der Waals surface area contributed by atoms with Crippen LogP contribution in [-0.2, 0) is 22.3 Å². The van der Waals surface area contributed by atoms with Crippen LogP contribution in [-0.4, -0.2) is 25.3 Å². The van der Waals surface area contributed by atoms with Crippen LogP contribution < -0.4 is 9.60 Å². The van der Waals surface area contributed by atoms with Crippen molar-refractivity contribution in [3.63, 3.8) is 0 Å². The number of nitrogens with zero attached hydrogens (tertiary/aromatic N) is 1. The third kappa shape index (κ3) is 5.18. The van der Waals surface area contributed by atoms with Crippen LogP contribution in [0.2, 0.25) is 5.02 Å². The van der Waals surface area contributed by atoms with Gasteiger partial charge < -0.3 is 0 Å². The van der Waals surface area contributed by atoms with E-state index in [1.807, 2.05) is 31.2 Å².